The maximum atomic E-state index is 13.4. The monoisotopic (exact) mass is 258 g/mol. The van der Waals surface area contributed by atoms with Crippen LogP contribution >= 0.6 is 11.6 Å². The molecular formula is C13H20ClFN2. The lowest BCUT2D eigenvalue weighted by atomic mass is 10.0. The average molecular weight is 259 g/mol. The second kappa shape index (κ2) is 6.34. The maximum absolute atomic E-state index is 13.4. The van der Waals surface area contributed by atoms with Gasteiger partial charge in [0.05, 0.1) is 0 Å². The van der Waals surface area contributed by atoms with Gasteiger partial charge in [-0.3, -0.25) is 0 Å². The smallest absolute Gasteiger partial charge is 0.126 e. The molecule has 1 aromatic carbocycles. The van der Waals surface area contributed by atoms with Crippen LogP contribution < -0.4 is 11.1 Å². The fourth-order valence-electron chi connectivity index (χ4n) is 1.49. The Morgan fingerprint density at radius 2 is 2.06 bits per heavy atom. The lowest BCUT2D eigenvalue weighted by molar-refractivity contribution is 0.455. The van der Waals surface area contributed by atoms with E-state index in [1.165, 1.54) is 6.07 Å². The van der Waals surface area contributed by atoms with E-state index in [1.54, 1.807) is 12.1 Å². The summed E-state index contributed by atoms with van der Waals surface area (Å²) in [6.45, 7) is 5.55. The lowest BCUT2D eigenvalue weighted by Gasteiger charge is -2.18. The highest BCUT2D eigenvalue weighted by Gasteiger charge is 2.09. The number of nitrogens with two attached hydrogens (primary N) is 1. The number of rotatable bonds is 6. The molecule has 0 aliphatic carbocycles. The maximum Gasteiger partial charge on any atom is 0.126 e. The Bertz CT molecular complexity index is 361. The molecular weight excluding hydrogens is 239 g/mol. The third kappa shape index (κ3) is 6.01. The molecule has 1 rings (SSSR count). The van der Waals surface area contributed by atoms with Crippen molar-refractivity contribution in [3.8, 4) is 0 Å². The SMILES string of the molecule is CC(C)(N)CCNCCc1cc(Cl)ccc1F. The van der Waals surface area contributed by atoms with Crippen LogP contribution in [0.25, 0.3) is 0 Å². The fourth-order valence-corrected chi connectivity index (χ4v) is 1.69. The molecule has 0 aromatic heterocycles. The lowest BCUT2D eigenvalue weighted by Crippen LogP contribution is -2.36. The minimum Gasteiger partial charge on any atom is -0.326 e. The predicted octanol–water partition coefficient (Wildman–Crippen LogP) is 2.74. The van der Waals surface area contributed by atoms with Crippen LogP contribution in [-0.4, -0.2) is 18.6 Å². The van der Waals surface area contributed by atoms with Crippen molar-refractivity contribution < 1.29 is 4.39 Å². The zero-order chi connectivity index (χ0) is 12.9. The molecule has 0 aliphatic rings. The molecule has 96 valence electrons. The molecule has 1 aromatic rings. The predicted molar refractivity (Wildman–Crippen MR) is 70.9 cm³/mol. The normalized spacial score (nSPS) is 11.8. The zero-order valence-electron chi connectivity index (χ0n) is 10.4. The number of hydrogen-bond donors (Lipinski definition) is 2. The van der Waals surface area contributed by atoms with Crippen molar-refractivity contribution in [1.29, 1.82) is 0 Å². The fraction of sp³-hybridized carbons (Fsp3) is 0.538. The first-order chi connectivity index (χ1) is 7.88. The van der Waals surface area contributed by atoms with E-state index in [0.29, 0.717) is 17.0 Å². The summed E-state index contributed by atoms with van der Waals surface area (Å²) >= 11 is 5.81. The number of benzene rings is 1. The van der Waals surface area contributed by atoms with E-state index in [4.69, 9.17) is 17.3 Å². The van der Waals surface area contributed by atoms with E-state index in [1.807, 2.05) is 13.8 Å². The van der Waals surface area contributed by atoms with E-state index in [-0.39, 0.29) is 11.4 Å². The van der Waals surface area contributed by atoms with Gasteiger partial charge in [0.15, 0.2) is 0 Å². The van der Waals surface area contributed by atoms with Crippen molar-refractivity contribution >= 4 is 11.6 Å². The minimum absolute atomic E-state index is 0.158. The summed E-state index contributed by atoms with van der Waals surface area (Å²) in [7, 11) is 0. The Hall–Kier alpha value is -0.640. The molecule has 0 spiro atoms. The first-order valence-electron chi connectivity index (χ1n) is 5.82. The summed E-state index contributed by atoms with van der Waals surface area (Å²) in [5.74, 6) is -0.199. The first-order valence-corrected chi connectivity index (χ1v) is 6.20. The molecule has 0 atom stereocenters. The van der Waals surface area contributed by atoms with E-state index in [0.717, 1.165) is 19.5 Å². The molecule has 0 heterocycles. The van der Waals surface area contributed by atoms with Crippen molar-refractivity contribution in [2.24, 2.45) is 5.73 Å². The Morgan fingerprint density at radius 1 is 1.35 bits per heavy atom. The second-order valence-electron chi connectivity index (χ2n) is 4.97. The van der Waals surface area contributed by atoms with E-state index < -0.39 is 0 Å². The van der Waals surface area contributed by atoms with Crippen LogP contribution in [0.15, 0.2) is 18.2 Å². The van der Waals surface area contributed by atoms with Crippen LogP contribution in [0.5, 0.6) is 0 Å². The Kier molecular flexibility index (Phi) is 5.37. The highest BCUT2D eigenvalue weighted by Crippen LogP contribution is 2.15. The van der Waals surface area contributed by atoms with Gasteiger partial charge in [0.2, 0.25) is 0 Å². The molecule has 0 bridgehead atoms. The second-order valence-corrected chi connectivity index (χ2v) is 5.41. The van der Waals surface area contributed by atoms with Gasteiger partial charge in [0, 0.05) is 10.6 Å². The molecule has 17 heavy (non-hydrogen) atoms. The van der Waals surface area contributed by atoms with Gasteiger partial charge in [-0.05, 0) is 63.5 Å². The van der Waals surface area contributed by atoms with Crippen molar-refractivity contribution in [1.82, 2.24) is 5.32 Å². The summed E-state index contributed by atoms with van der Waals surface area (Å²) in [5, 5.41) is 3.82. The highest BCUT2D eigenvalue weighted by molar-refractivity contribution is 6.30. The standard InChI is InChI=1S/C13H20ClFN2/c1-13(2,16)6-8-17-7-5-10-9-11(14)3-4-12(10)15/h3-4,9,17H,5-8,16H2,1-2H3. The Morgan fingerprint density at radius 3 is 2.71 bits per heavy atom. The van der Waals surface area contributed by atoms with Gasteiger partial charge in [-0.15, -0.1) is 0 Å². The van der Waals surface area contributed by atoms with Crippen molar-refractivity contribution in [2.75, 3.05) is 13.1 Å². The summed E-state index contributed by atoms with van der Waals surface area (Å²) in [6.07, 6.45) is 1.53. The van der Waals surface area contributed by atoms with Crippen LogP contribution in [0, 0.1) is 5.82 Å². The molecule has 0 saturated carbocycles. The average Bonchev–Trinajstić information content (AvgIpc) is 2.21. The van der Waals surface area contributed by atoms with Gasteiger partial charge in [-0.25, -0.2) is 4.39 Å². The molecule has 0 fully saturated rings. The summed E-state index contributed by atoms with van der Waals surface area (Å²) in [5.41, 5.74) is 6.35. The van der Waals surface area contributed by atoms with Crippen molar-refractivity contribution in [3.63, 3.8) is 0 Å². The Balaban J connectivity index is 2.29. The van der Waals surface area contributed by atoms with Crippen LogP contribution in [0.3, 0.4) is 0 Å². The van der Waals surface area contributed by atoms with Crippen molar-refractivity contribution in [2.45, 2.75) is 32.2 Å². The van der Waals surface area contributed by atoms with E-state index in [9.17, 15) is 4.39 Å². The molecule has 4 heteroatoms. The quantitative estimate of drug-likeness (QED) is 0.770. The molecule has 3 N–H and O–H groups in total. The van der Waals surface area contributed by atoms with E-state index in [2.05, 4.69) is 5.32 Å². The molecule has 0 radical (unpaired) electrons. The van der Waals surface area contributed by atoms with Gasteiger partial charge >= 0.3 is 0 Å². The van der Waals surface area contributed by atoms with Gasteiger partial charge < -0.3 is 11.1 Å². The molecule has 0 amide bonds. The van der Waals surface area contributed by atoms with Crippen LogP contribution in [0.1, 0.15) is 25.8 Å². The summed E-state index contributed by atoms with van der Waals surface area (Å²) < 4.78 is 13.4. The summed E-state index contributed by atoms with van der Waals surface area (Å²) in [4.78, 5) is 0. The number of hydrogen-bond acceptors (Lipinski definition) is 2. The van der Waals surface area contributed by atoms with Crippen molar-refractivity contribution in [3.05, 3.63) is 34.6 Å². The topological polar surface area (TPSA) is 38.0 Å². The number of nitrogens with one attached hydrogen (secondary N) is 1. The van der Waals surface area contributed by atoms with Crippen LogP contribution in [0.4, 0.5) is 4.39 Å². The first kappa shape index (κ1) is 14.4. The number of halogens is 2. The highest BCUT2D eigenvalue weighted by atomic mass is 35.5. The largest absolute Gasteiger partial charge is 0.326 e. The molecule has 0 saturated heterocycles. The molecule has 0 aliphatic heterocycles. The summed E-state index contributed by atoms with van der Waals surface area (Å²) in [6, 6.07) is 4.64. The third-order valence-electron chi connectivity index (χ3n) is 2.52. The van der Waals surface area contributed by atoms with Crippen LogP contribution in [0.2, 0.25) is 5.02 Å². The van der Waals surface area contributed by atoms with Gasteiger partial charge in [-0.2, -0.15) is 0 Å². The van der Waals surface area contributed by atoms with Gasteiger partial charge in [-0.1, -0.05) is 11.6 Å². The Labute approximate surface area is 107 Å². The molecule has 2 nitrogen and oxygen atoms in total. The van der Waals surface area contributed by atoms with Gasteiger partial charge in [0.1, 0.15) is 5.82 Å². The van der Waals surface area contributed by atoms with E-state index >= 15 is 0 Å². The molecule has 0 unspecified atom stereocenters. The zero-order valence-corrected chi connectivity index (χ0v) is 11.1. The van der Waals surface area contributed by atoms with Crippen LogP contribution in [-0.2, 0) is 6.42 Å². The third-order valence-corrected chi connectivity index (χ3v) is 2.76. The van der Waals surface area contributed by atoms with Gasteiger partial charge in [0.25, 0.3) is 0 Å². The minimum atomic E-state index is -0.199.